The fourth-order valence-electron chi connectivity index (χ4n) is 6.64. The molecule has 5 rings (SSSR count). The van der Waals surface area contributed by atoms with E-state index in [2.05, 4.69) is 84.2 Å². The number of ether oxygens (including phenoxy) is 2. The largest absolute Gasteiger partial charge is 0.491 e. The minimum Gasteiger partial charge on any atom is -0.491 e. The van der Waals surface area contributed by atoms with E-state index in [1.54, 1.807) is 12.5 Å². The minimum absolute atomic E-state index is 0.122. The number of hydrogen-bond donors (Lipinski definition) is 1. The van der Waals surface area contributed by atoms with Crippen LogP contribution in [-0.2, 0) is 32.6 Å². The number of nitrogens with zero attached hydrogens (tertiary/aromatic N) is 3. The molecule has 0 aliphatic carbocycles. The molecule has 0 saturated heterocycles. The Morgan fingerprint density at radius 1 is 0.902 bits per heavy atom. The summed E-state index contributed by atoms with van der Waals surface area (Å²) in [5.74, 6) is 1.09. The Morgan fingerprint density at radius 2 is 1.69 bits per heavy atom. The van der Waals surface area contributed by atoms with E-state index in [1.807, 2.05) is 42.5 Å². The Hall–Kier alpha value is -4.31. The molecule has 0 radical (unpaired) electrons. The number of carbonyl (C=O) groups is 1. The van der Waals surface area contributed by atoms with Gasteiger partial charge in [0.05, 0.1) is 48.3 Å². The standard InChI is InChI=1S/C42H52N4O4S/c1-4-7-28-49-29-30-50-39-20-15-34(16-21-39)41-24-17-35(12-11-27-46(41,26-6-3)38-13-9-8-10-14-38)42(47)44-36-18-22-40(23-19-36)51(48)32-37-31-43-33-45(37)25-5-2/h8-10,13-24,31,33H,4-7,11-12,25-30,32H2,1-3H3/p+1. The topological polar surface area (TPSA) is 82.4 Å². The van der Waals surface area contributed by atoms with E-state index in [0.29, 0.717) is 35.6 Å². The van der Waals surface area contributed by atoms with Crippen LogP contribution in [0.4, 0.5) is 11.4 Å². The Bertz CT molecular complexity index is 1770. The Balaban J connectivity index is 1.35. The first-order valence-electron chi connectivity index (χ1n) is 18.4. The molecule has 1 amide bonds. The second kappa shape index (κ2) is 19.3. The molecule has 1 aromatic heterocycles. The van der Waals surface area contributed by atoms with E-state index >= 15 is 0 Å². The fraction of sp³-hybridized carbons (Fsp3) is 0.381. The summed E-state index contributed by atoms with van der Waals surface area (Å²) in [7, 11) is -1.22. The van der Waals surface area contributed by atoms with Crippen LogP contribution < -0.4 is 14.5 Å². The van der Waals surface area contributed by atoms with Crippen LogP contribution in [-0.4, -0.2) is 52.6 Å². The van der Waals surface area contributed by atoms with E-state index < -0.39 is 10.8 Å². The maximum Gasteiger partial charge on any atom is 0.251 e. The van der Waals surface area contributed by atoms with Crippen molar-refractivity contribution >= 4 is 33.8 Å². The lowest BCUT2D eigenvalue weighted by molar-refractivity contribution is -0.113. The normalized spacial score (nSPS) is 16.8. The molecule has 8 nitrogen and oxygen atoms in total. The summed E-state index contributed by atoms with van der Waals surface area (Å²) in [6.07, 6.45) is 13.4. The highest BCUT2D eigenvalue weighted by Gasteiger charge is 2.36. The highest BCUT2D eigenvalue weighted by molar-refractivity contribution is 7.84. The van der Waals surface area contributed by atoms with Gasteiger partial charge in [0.15, 0.2) is 0 Å². The number of unbranched alkanes of at least 4 members (excludes halogenated alkanes) is 1. The second-order valence-electron chi connectivity index (χ2n) is 13.0. The second-order valence-corrected chi connectivity index (χ2v) is 14.4. The first-order valence-corrected chi connectivity index (χ1v) is 19.7. The maximum absolute atomic E-state index is 13.7. The lowest BCUT2D eigenvalue weighted by Gasteiger charge is -2.40. The first kappa shape index (κ1) is 37.9. The number of imidazole rings is 1. The zero-order valence-corrected chi connectivity index (χ0v) is 31.2. The number of allylic oxidation sites excluding steroid dienone is 2. The molecule has 1 aliphatic rings. The minimum atomic E-state index is -1.22. The van der Waals surface area contributed by atoms with Crippen molar-refractivity contribution in [2.45, 2.75) is 76.5 Å². The third-order valence-electron chi connectivity index (χ3n) is 9.24. The molecule has 0 spiro atoms. The van der Waals surface area contributed by atoms with Crippen molar-refractivity contribution in [1.29, 1.82) is 0 Å². The smallest absolute Gasteiger partial charge is 0.251 e. The van der Waals surface area contributed by atoms with Gasteiger partial charge in [-0.25, -0.2) is 4.98 Å². The van der Waals surface area contributed by atoms with Crippen molar-refractivity contribution in [3.05, 3.63) is 120 Å². The predicted octanol–water partition coefficient (Wildman–Crippen LogP) is 8.91. The summed E-state index contributed by atoms with van der Waals surface area (Å²) < 4.78 is 27.5. The maximum atomic E-state index is 13.7. The molecule has 0 saturated carbocycles. The average molecular weight is 710 g/mol. The van der Waals surface area contributed by atoms with Crippen LogP contribution in [0.1, 0.15) is 70.6 Å². The van der Waals surface area contributed by atoms with Gasteiger partial charge in [-0.3, -0.25) is 13.5 Å². The van der Waals surface area contributed by atoms with Gasteiger partial charge in [-0.05, 0) is 92.4 Å². The molecule has 2 unspecified atom stereocenters. The molecule has 1 aliphatic heterocycles. The number of carbonyl (C=O) groups excluding carboxylic acids is 1. The van der Waals surface area contributed by atoms with E-state index in [4.69, 9.17) is 9.47 Å². The molecule has 51 heavy (non-hydrogen) atoms. The average Bonchev–Trinajstić information content (AvgIpc) is 3.58. The zero-order chi connectivity index (χ0) is 35.9. The quantitative estimate of drug-likeness (QED) is 0.0825. The van der Waals surface area contributed by atoms with E-state index in [1.165, 1.54) is 5.69 Å². The van der Waals surface area contributed by atoms with Gasteiger partial charge in [0, 0.05) is 53.6 Å². The summed E-state index contributed by atoms with van der Waals surface area (Å²) >= 11 is 0. The van der Waals surface area contributed by atoms with Crippen molar-refractivity contribution in [3.8, 4) is 5.75 Å². The van der Waals surface area contributed by atoms with Crippen LogP contribution in [0.25, 0.3) is 5.70 Å². The number of aromatic nitrogens is 2. The summed E-state index contributed by atoms with van der Waals surface area (Å²) in [6.45, 7) is 11.0. The lowest BCUT2D eigenvalue weighted by Crippen LogP contribution is -2.49. The van der Waals surface area contributed by atoms with Crippen LogP contribution >= 0.6 is 0 Å². The number of aryl methyl sites for hydroxylation is 1. The molecule has 0 bridgehead atoms. The van der Waals surface area contributed by atoms with Gasteiger partial charge in [0.2, 0.25) is 0 Å². The summed E-state index contributed by atoms with van der Waals surface area (Å²) in [6, 6.07) is 26.4. The number of benzene rings is 3. The van der Waals surface area contributed by atoms with Gasteiger partial charge >= 0.3 is 0 Å². The molecule has 9 heteroatoms. The Morgan fingerprint density at radius 3 is 2.41 bits per heavy atom. The Labute approximate surface area is 306 Å². The van der Waals surface area contributed by atoms with Gasteiger partial charge < -0.3 is 19.4 Å². The predicted molar refractivity (Wildman–Crippen MR) is 209 cm³/mol. The molecular formula is C42H53N4O4S+. The highest BCUT2D eigenvalue weighted by Crippen LogP contribution is 2.38. The monoisotopic (exact) mass is 709 g/mol. The molecule has 4 aromatic rings. The first-order chi connectivity index (χ1) is 25.0. The van der Waals surface area contributed by atoms with Crippen LogP contribution in [0.15, 0.2) is 114 Å². The number of nitrogens with one attached hydrogen (secondary N) is 1. The molecule has 2 atom stereocenters. The van der Waals surface area contributed by atoms with E-state index in [0.717, 1.165) is 91.5 Å². The van der Waals surface area contributed by atoms with Crippen LogP contribution in [0.2, 0.25) is 0 Å². The van der Waals surface area contributed by atoms with Crippen molar-refractivity contribution < 1.29 is 18.5 Å². The lowest BCUT2D eigenvalue weighted by atomic mass is 9.98. The molecule has 1 N–H and O–H groups in total. The van der Waals surface area contributed by atoms with Crippen LogP contribution in [0.3, 0.4) is 0 Å². The summed E-state index contributed by atoms with van der Waals surface area (Å²) in [4.78, 5) is 18.6. The van der Waals surface area contributed by atoms with Crippen molar-refractivity contribution in [1.82, 2.24) is 14.0 Å². The van der Waals surface area contributed by atoms with Crippen LogP contribution in [0.5, 0.6) is 5.75 Å². The zero-order valence-electron chi connectivity index (χ0n) is 30.4. The highest BCUT2D eigenvalue weighted by atomic mass is 32.2. The SMILES string of the molecule is CCCCOCCOc1ccc(C2=CC=C(C(=O)Nc3ccc(S(=O)Cc4cncn4CCC)cc3)CCC[N+]2(CCC)c2ccccc2)cc1. The third kappa shape index (κ3) is 10.2. The van der Waals surface area contributed by atoms with Crippen molar-refractivity contribution in [2.24, 2.45) is 0 Å². The van der Waals surface area contributed by atoms with E-state index in [-0.39, 0.29) is 5.91 Å². The van der Waals surface area contributed by atoms with Gasteiger partial charge in [-0.15, -0.1) is 0 Å². The molecule has 0 fully saturated rings. The molecule has 270 valence electrons. The number of hydrogen-bond acceptors (Lipinski definition) is 5. The number of quaternary nitrogens is 1. The fourth-order valence-corrected chi connectivity index (χ4v) is 7.76. The van der Waals surface area contributed by atoms with Gasteiger partial charge in [0.1, 0.15) is 23.7 Å². The van der Waals surface area contributed by atoms with Gasteiger partial charge in [0.25, 0.3) is 5.91 Å². The van der Waals surface area contributed by atoms with Gasteiger partial charge in [-0.2, -0.15) is 0 Å². The van der Waals surface area contributed by atoms with E-state index in [9.17, 15) is 9.00 Å². The Kier molecular flexibility index (Phi) is 14.4. The van der Waals surface area contributed by atoms with Crippen molar-refractivity contribution in [2.75, 3.05) is 38.2 Å². The van der Waals surface area contributed by atoms with Gasteiger partial charge in [-0.1, -0.05) is 45.4 Å². The molecule has 3 aromatic carbocycles. The van der Waals surface area contributed by atoms with Crippen molar-refractivity contribution in [3.63, 3.8) is 0 Å². The summed E-state index contributed by atoms with van der Waals surface area (Å²) in [5, 5.41) is 3.09. The molecular weight excluding hydrogens is 657 g/mol. The third-order valence-corrected chi connectivity index (χ3v) is 10.6. The molecule has 2 heterocycles. The number of anilines is 1. The number of rotatable bonds is 18. The van der Waals surface area contributed by atoms with Crippen LogP contribution in [0, 0.1) is 0 Å². The number of para-hydroxylation sites is 1. The summed E-state index contributed by atoms with van der Waals surface area (Å²) in [5.41, 5.74) is 5.85. The number of amides is 1.